The van der Waals surface area contributed by atoms with Crippen molar-refractivity contribution in [3.63, 3.8) is 0 Å². The summed E-state index contributed by atoms with van der Waals surface area (Å²) in [6, 6.07) is 0. The van der Waals surface area contributed by atoms with Crippen LogP contribution in [0, 0.1) is 0 Å². The average Bonchev–Trinajstić information content (AvgIpc) is 3.46. The molecule has 0 saturated carbocycles. The maximum Gasteiger partial charge on any atom is 0.361 e. The fourth-order valence-corrected chi connectivity index (χ4v) is 12.5. The molecule has 538 valence electrons. The third kappa shape index (κ3) is 75.0. The van der Waals surface area contributed by atoms with Crippen LogP contribution in [0.5, 0.6) is 0 Å². The highest BCUT2D eigenvalue weighted by atomic mass is 16.7. The molecule has 0 aromatic carbocycles. The summed E-state index contributed by atoms with van der Waals surface area (Å²) >= 11 is 0. The number of hydrogen-bond donors (Lipinski definition) is 1. The van der Waals surface area contributed by atoms with E-state index >= 15 is 0 Å². The quantitative estimate of drug-likeness (QED) is 0.0211. The zero-order chi connectivity index (χ0) is 66.1. The van der Waals surface area contributed by atoms with E-state index in [1.165, 1.54) is 353 Å². The second-order valence-corrected chi connectivity index (χ2v) is 29.1. The van der Waals surface area contributed by atoms with E-state index in [1.807, 2.05) is 21.1 Å². The number of aliphatic carboxylic acids is 1. The number of carboxylic acids is 1. The largest absolute Gasteiger partial charge is 0.477 e. The summed E-state index contributed by atoms with van der Waals surface area (Å²) in [7, 11) is 6.00. The number of ether oxygens (including phenoxy) is 4. The van der Waals surface area contributed by atoms with Gasteiger partial charge in [0.2, 0.25) is 0 Å². The van der Waals surface area contributed by atoms with Gasteiger partial charge in [0.15, 0.2) is 6.10 Å². The molecule has 0 radical (unpaired) electrons. The van der Waals surface area contributed by atoms with Gasteiger partial charge in [-0.1, -0.05) is 391 Å². The second-order valence-electron chi connectivity index (χ2n) is 29.1. The number of quaternary nitrogens is 1. The first kappa shape index (κ1) is 88.8. The zero-order valence-corrected chi connectivity index (χ0v) is 61.8. The van der Waals surface area contributed by atoms with E-state index in [0.29, 0.717) is 17.4 Å². The fraction of sp³-hybridized carbons (Fsp3) is 0.915. The lowest BCUT2D eigenvalue weighted by Gasteiger charge is -2.25. The Morgan fingerprint density at radius 1 is 0.330 bits per heavy atom. The summed E-state index contributed by atoms with van der Waals surface area (Å²) in [5.74, 6) is -1.96. The van der Waals surface area contributed by atoms with Crippen molar-refractivity contribution in [2.24, 2.45) is 0 Å². The highest BCUT2D eigenvalue weighted by Gasteiger charge is 2.25. The lowest BCUT2D eigenvalue weighted by atomic mass is 10.0. The summed E-state index contributed by atoms with van der Waals surface area (Å²) in [4.78, 5) is 37.7. The minimum absolute atomic E-state index is 0.173. The first-order valence-electron chi connectivity index (χ1n) is 40.5. The second kappa shape index (κ2) is 73.6. The summed E-state index contributed by atoms with van der Waals surface area (Å²) < 4.78 is 23.1. The first-order chi connectivity index (χ1) is 44.6. The van der Waals surface area contributed by atoms with Crippen molar-refractivity contribution in [1.29, 1.82) is 0 Å². The average molecular weight is 1290 g/mol. The molecule has 1 N–H and O–H groups in total. The Hall–Kier alpha value is -2.23. The van der Waals surface area contributed by atoms with Gasteiger partial charge in [-0.15, -0.1) is 0 Å². The molecule has 0 rings (SSSR count). The molecule has 9 nitrogen and oxygen atoms in total. The molecular weight excluding hydrogens is 1130 g/mol. The number of unbranched alkanes of at least 4 members (excludes halogenated alkanes) is 58. The molecule has 0 aromatic heterocycles. The van der Waals surface area contributed by atoms with Crippen molar-refractivity contribution in [3.05, 3.63) is 24.3 Å². The molecule has 0 fully saturated rings. The molecule has 0 aliphatic carbocycles. The van der Waals surface area contributed by atoms with Crippen molar-refractivity contribution in [1.82, 2.24) is 0 Å². The Bertz CT molecular complexity index is 1540. The monoisotopic (exact) mass is 1290 g/mol. The Balaban J connectivity index is 3.93. The number of likely N-dealkylation sites (N-methyl/N-ethyl adjacent to an activating group) is 1. The summed E-state index contributed by atoms with van der Waals surface area (Å²) in [5, 5.41) is 9.77. The van der Waals surface area contributed by atoms with Gasteiger partial charge in [0.1, 0.15) is 13.2 Å². The van der Waals surface area contributed by atoms with Crippen LogP contribution in [0.1, 0.15) is 425 Å². The smallest absolute Gasteiger partial charge is 0.361 e. The van der Waals surface area contributed by atoms with Crippen LogP contribution in [-0.2, 0) is 33.3 Å². The third-order valence-corrected chi connectivity index (χ3v) is 18.7. The molecule has 0 aromatic rings. The highest BCUT2D eigenvalue weighted by Crippen LogP contribution is 2.20. The molecule has 91 heavy (non-hydrogen) atoms. The topological polar surface area (TPSA) is 108 Å². The van der Waals surface area contributed by atoms with E-state index in [2.05, 4.69) is 38.2 Å². The normalized spacial score (nSPS) is 12.7. The standard InChI is InChI=1S/C82H157NO8/c1-6-8-10-12-14-16-18-20-22-24-26-28-30-32-34-35-36-37-38-39-40-41-42-43-44-45-47-49-51-53-55-57-59-61-63-65-67-69-71-73-80(85)91-78(77-90-82(81(86)87)88-75-74-83(3,4)5)76-89-79(84)72-70-68-66-64-62-60-58-56-54-52-50-48-46-33-31-29-27-25-23-21-19-17-15-13-11-9-7-2/h18,20,24,26,78,82H,6-17,19,21-23,25,27-77H2,1-5H3/p+1/b20-18-,26-24-. The van der Waals surface area contributed by atoms with Crippen molar-refractivity contribution in [2.75, 3.05) is 47.5 Å². The van der Waals surface area contributed by atoms with Crippen LogP contribution in [-0.4, -0.2) is 87.4 Å². The number of nitrogens with zero attached hydrogens (tertiary/aromatic N) is 1. The zero-order valence-electron chi connectivity index (χ0n) is 61.8. The van der Waals surface area contributed by atoms with Gasteiger partial charge in [-0.25, -0.2) is 4.79 Å². The van der Waals surface area contributed by atoms with Gasteiger partial charge in [0, 0.05) is 12.8 Å². The van der Waals surface area contributed by atoms with Crippen molar-refractivity contribution in [3.8, 4) is 0 Å². The van der Waals surface area contributed by atoms with Crippen molar-refractivity contribution < 1.29 is 42.9 Å². The molecular formula is C82H158NO8+. The van der Waals surface area contributed by atoms with Crippen LogP contribution in [0.4, 0.5) is 0 Å². The minimum Gasteiger partial charge on any atom is -0.477 e. The van der Waals surface area contributed by atoms with Gasteiger partial charge >= 0.3 is 17.9 Å². The minimum atomic E-state index is -1.51. The lowest BCUT2D eigenvalue weighted by molar-refractivity contribution is -0.870. The predicted octanol–water partition coefficient (Wildman–Crippen LogP) is 25.7. The van der Waals surface area contributed by atoms with Gasteiger partial charge in [0.25, 0.3) is 6.29 Å². The van der Waals surface area contributed by atoms with Gasteiger partial charge in [-0.2, -0.15) is 0 Å². The number of rotatable bonds is 77. The van der Waals surface area contributed by atoms with E-state index in [-0.39, 0.29) is 38.2 Å². The number of carbonyl (C=O) groups is 3. The Morgan fingerprint density at radius 2 is 0.593 bits per heavy atom. The van der Waals surface area contributed by atoms with Crippen LogP contribution in [0.25, 0.3) is 0 Å². The molecule has 0 bridgehead atoms. The van der Waals surface area contributed by atoms with Crippen LogP contribution in [0.15, 0.2) is 24.3 Å². The third-order valence-electron chi connectivity index (χ3n) is 18.7. The Morgan fingerprint density at radius 3 is 0.868 bits per heavy atom. The van der Waals surface area contributed by atoms with E-state index in [4.69, 9.17) is 18.9 Å². The number of carboxylic acid groups (broad SMARTS) is 1. The molecule has 2 unspecified atom stereocenters. The first-order valence-corrected chi connectivity index (χ1v) is 40.5. The molecule has 9 heteroatoms. The maximum atomic E-state index is 13.0. The van der Waals surface area contributed by atoms with Crippen LogP contribution >= 0.6 is 0 Å². The molecule has 0 saturated heterocycles. The lowest BCUT2D eigenvalue weighted by Crippen LogP contribution is -2.40. The van der Waals surface area contributed by atoms with E-state index < -0.39 is 18.4 Å². The van der Waals surface area contributed by atoms with E-state index in [0.717, 1.165) is 44.9 Å². The number of allylic oxidation sites excluding steroid dienone is 4. The number of hydrogen-bond acceptors (Lipinski definition) is 7. The van der Waals surface area contributed by atoms with Crippen LogP contribution in [0.3, 0.4) is 0 Å². The predicted molar refractivity (Wildman–Crippen MR) is 392 cm³/mol. The van der Waals surface area contributed by atoms with Crippen LogP contribution in [0.2, 0.25) is 0 Å². The summed E-state index contributed by atoms with van der Waals surface area (Å²) in [6.45, 7) is 4.96. The van der Waals surface area contributed by atoms with Gasteiger partial charge in [0.05, 0.1) is 34.4 Å². The molecule has 0 heterocycles. The Kier molecular flexibility index (Phi) is 71.8. The fourth-order valence-electron chi connectivity index (χ4n) is 12.5. The van der Waals surface area contributed by atoms with Gasteiger partial charge in [-0.05, 0) is 44.9 Å². The maximum absolute atomic E-state index is 13.0. The SMILES string of the molecule is CCCCCCC/C=C\C/C=C\CCCCCCCCCCCCCCCCCCCCCCCCCCCCCC(=O)OC(COC(=O)CCCCCCCCCCCCCCCCCCCCCCCCCCCCC)COC(OCC[N+](C)(C)C)C(=O)O. The van der Waals surface area contributed by atoms with Gasteiger partial charge < -0.3 is 28.5 Å². The van der Waals surface area contributed by atoms with E-state index in [1.54, 1.807) is 0 Å². The Labute approximate surface area is 567 Å². The van der Waals surface area contributed by atoms with Gasteiger partial charge in [-0.3, -0.25) is 9.59 Å². The molecule has 0 spiro atoms. The van der Waals surface area contributed by atoms with Crippen LogP contribution < -0.4 is 0 Å². The number of esters is 2. The molecule has 0 aliphatic heterocycles. The van der Waals surface area contributed by atoms with Crippen molar-refractivity contribution >= 4 is 17.9 Å². The molecule has 0 aliphatic rings. The summed E-state index contributed by atoms with van der Waals surface area (Å²) in [6.07, 6.45) is 90.6. The molecule has 0 amide bonds. The highest BCUT2D eigenvalue weighted by molar-refractivity contribution is 5.71. The summed E-state index contributed by atoms with van der Waals surface area (Å²) in [5.41, 5.74) is 0. The molecule has 2 atom stereocenters. The van der Waals surface area contributed by atoms with Crippen molar-refractivity contribution in [2.45, 2.75) is 437 Å². The number of carbonyl (C=O) groups excluding carboxylic acids is 2. The van der Waals surface area contributed by atoms with E-state index in [9.17, 15) is 19.5 Å².